The normalized spacial score (nSPS) is 10.8. The maximum Gasteiger partial charge on any atom is 0.335 e. The van der Waals surface area contributed by atoms with Crippen molar-refractivity contribution in [3.05, 3.63) is 35.4 Å². The molecule has 3 heteroatoms. The molecule has 0 amide bonds. The zero-order valence-electron chi connectivity index (χ0n) is 14.3. The van der Waals surface area contributed by atoms with Crippen LogP contribution in [-0.4, -0.2) is 22.8 Å². The zero-order valence-corrected chi connectivity index (χ0v) is 14.3. The Morgan fingerprint density at radius 1 is 0.696 bits per heavy atom. The van der Waals surface area contributed by atoms with Crippen molar-refractivity contribution < 1.29 is 15.0 Å². The van der Waals surface area contributed by atoms with E-state index in [0.717, 1.165) is 12.8 Å². The number of unbranched alkanes of at least 4 members (excludes halogenated alkanes) is 10. The second kappa shape index (κ2) is 13.1. The van der Waals surface area contributed by atoms with Gasteiger partial charge in [0.05, 0.1) is 5.56 Å². The molecule has 0 aliphatic rings. The molecule has 0 bridgehead atoms. The van der Waals surface area contributed by atoms with Crippen LogP contribution in [0.25, 0.3) is 0 Å². The average molecular weight is 320 g/mol. The van der Waals surface area contributed by atoms with E-state index in [2.05, 4.69) is 0 Å². The Balaban J connectivity index is 1.90. The smallest absolute Gasteiger partial charge is 0.335 e. The van der Waals surface area contributed by atoms with Gasteiger partial charge in [0.15, 0.2) is 0 Å². The first-order valence-electron chi connectivity index (χ1n) is 9.17. The average Bonchev–Trinajstić information content (AvgIpc) is 2.56. The van der Waals surface area contributed by atoms with Crippen molar-refractivity contribution in [3.63, 3.8) is 0 Å². The summed E-state index contributed by atoms with van der Waals surface area (Å²) in [4.78, 5) is 10.8. The highest BCUT2D eigenvalue weighted by atomic mass is 16.4. The minimum absolute atomic E-state index is 0.337. The largest absolute Gasteiger partial charge is 0.478 e. The van der Waals surface area contributed by atoms with Gasteiger partial charge in [-0.15, -0.1) is 0 Å². The van der Waals surface area contributed by atoms with E-state index < -0.39 is 5.97 Å². The standard InChI is InChI=1S/C20H32O3/c21-17-11-9-7-5-3-1-2-4-6-8-10-12-18-13-15-19(16-14-18)20(22)23/h13-16,21H,1-12,17H2,(H,22,23). The second-order valence-corrected chi connectivity index (χ2v) is 6.36. The second-order valence-electron chi connectivity index (χ2n) is 6.36. The fraction of sp³-hybridized carbons (Fsp3) is 0.650. The number of hydrogen-bond acceptors (Lipinski definition) is 2. The summed E-state index contributed by atoms with van der Waals surface area (Å²) in [5.74, 6) is -0.857. The highest BCUT2D eigenvalue weighted by Gasteiger charge is 2.01. The summed E-state index contributed by atoms with van der Waals surface area (Å²) in [6.45, 7) is 0.337. The van der Waals surface area contributed by atoms with Gasteiger partial charge in [-0.2, -0.15) is 0 Å². The summed E-state index contributed by atoms with van der Waals surface area (Å²) in [5.41, 5.74) is 1.60. The summed E-state index contributed by atoms with van der Waals surface area (Å²) in [6, 6.07) is 7.25. The van der Waals surface area contributed by atoms with Crippen LogP contribution in [0.5, 0.6) is 0 Å². The highest BCUT2D eigenvalue weighted by Crippen LogP contribution is 2.13. The Hall–Kier alpha value is -1.35. The monoisotopic (exact) mass is 320 g/mol. The van der Waals surface area contributed by atoms with Crippen LogP contribution in [0.4, 0.5) is 0 Å². The Morgan fingerprint density at radius 3 is 1.57 bits per heavy atom. The van der Waals surface area contributed by atoms with E-state index in [1.807, 2.05) is 12.1 Å². The molecule has 0 heterocycles. The molecule has 0 radical (unpaired) electrons. The quantitative estimate of drug-likeness (QED) is 0.463. The zero-order chi connectivity index (χ0) is 16.8. The van der Waals surface area contributed by atoms with Gasteiger partial charge in [0, 0.05) is 6.61 Å². The molecule has 0 unspecified atom stereocenters. The van der Waals surface area contributed by atoms with Crippen molar-refractivity contribution in [3.8, 4) is 0 Å². The van der Waals surface area contributed by atoms with Gasteiger partial charge in [0.1, 0.15) is 0 Å². The molecule has 130 valence electrons. The fourth-order valence-corrected chi connectivity index (χ4v) is 2.85. The molecule has 0 saturated carbocycles. The van der Waals surface area contributed by atoms with Crippen molar-refractivity contribution in [2.45, 2.75) is 77.0 Å². The molecule has 0 aliphatic carbocycles. The van der Waals surface area contributed by atoms with Gasteiger partial charge in [-0.3, -0.25) is 0 Å². The van der Waals surface area contributed by atoms with Crippen LogP contribution in [0.1, 0.15) is 86.6 Å². The molecule has 0 aliphatic heterocycles. The lowest BCUT2D eigenvalue weighted by Crippen LogP contribution is -1.96. The number of benzene rings is 1. The van der Waals surface area contributed by atoms with E-state index in [1.54, 1.807) is 12.1 Å². The molecular formula is C20H32O3. The molecule has 1 aromatic rings. The van der Waals surface area contributed by atoms with Crippen LogP contribution in [0.3, 0.4) is 0 Å². The SMILES string of the molecule is O=C(O)c1ccc(CCCCCCCCCCCCCO)cc1. The number of aliphatic hydroxyl groups excluding tert-OH is 1. The van der Waals surface area contributed by atoms with Gasteiger partial charge in [-0.05, 0) is 37.0 Å². The molecule has 0 fully saturated rings. The third-order valence-electron chi connectivity index (χ3n) is 4.32. The van der Waals surface area contributed by atoms with Gasteiger partial charge in [0.2, 0.25) is 0 Å². The van der Waals surface area contributed by atoms with Crippen LogP contribution in [0, 0.1) is 0 Å². The lowest BCUT2D eigenvalue weighted by molar-refractivity contribution is 0.0697. The highest BCUT2D eigenvalue weighted by molar-refractivity contribution is 5.87. The topological polar surface area (TPSA) is 57.5 Å². The maximum absolute atomic E-state index is 10.8. The number of carbonyl (C=O) groups is 1. The van der Waals surface area contributed by atoms with E-state index in [9.17, 15) is 4.79 Å². The molecule has 3 nitrogen and oxygen atoms in total. The number of carboxylic acids is 1. The van der Waals surface area contributed by atoms with E-state index in [4.69, 9.17) is 10.2 Å². The molecule has 1 rings (SSSR count). The first kappa shape index (κ1) is 19.7. The van der Waals surface area contributed by atoms with Crippen LogP contribution >= 0.6 is 0 Å². The third-order valence-corrected chi connectivity index (χ3v) is 4.32. The van der Waals surface area contributed by atoms with E-state index in [0.29, 0.717) is 12.2 Å². The molecule has 2 N–H and O–H groups in total. The van der Waals surface area contributed by atoms with Gasteiger partial charge < -0.3 is 10.2 Å². The Labute approximate surface area is 140 Å². The number of rotatable bonds is 14. The van der Waals surface area contributed by atoms with Crippen LogP contribution < -0.4 is 0 Å². The molecule has 23 heavy (non-hydrogen) atoms. The lowest BCUT2D eigenvalue weighted by atomic mass is 10.0. The summed E-state index contributed by atoms with van der Waals surface area (Å²) in [7, 11) is 0. The molecule has 0 aromatic heterocycles. The van der Waals surface area contributed by atoms with Crippen molar-refractivity contribution in [2.24, 2.45) is 0 Å². The van der Waals surface area contributed by atoms with Gasteiger partial charge in [0.25, 0.3) is 0 Å². The van der Waals surface area contributed by atoms with Crippen molar-refractivity contribution in [1.82, 2.24) is 0 Å². The van der Waals surface area contributed by atoms with Crippen molar-refractivity contribution in [1.29, 1.82) is 0 Å². The first-order valence-corrected chi connectivity index (χ1v) is 9.17. The predicted octanol–water partition coefficient (Wildman–Crippen LogP) is 5.21. The number of aryl methyl sites for hydroxylation is 1. The molecule has 0 atom stereocenters. The van der Waals surface area contributed by atoms with Crippen molar-refractivity contribution >= 4 is 5.97 Å². The molecule has 0 saturated heterocycles. The van der Waals surface area contributed by atoms with Gasteiger partial charge >= 0.3 is 5.97 Å². The maximum atomic E-state index is 10.8. The third kappa shape index (κ3) is 10.1. The number of hydrogen-bond donors (Lipinski definition) is 2. The fourth-order valence-electron chi connectivity index (χ4n) is 2.85. The molecular weight excluding hydrogens is 288 g/mol. The lowest BCUT2D eigenvalue weighted by Gasteiger charge is -2.04. The minimum Gasteiger partial charge on any atom is -0.478 e. The number of aromatic carboxylic acids is 1. The summed E-state index contributed by atoms with van der Waals surface area (Å²) >= 11 is 0. The van der Waals surface area contributed by atoms with Gasteiger partial charge in [-0.25, -0.2) is 4.79 Å². The van der Waals surface area contributed by atoms with E-state index in [1.165, 1.54) is 69.8 Å². The Kier molecular flexibility index (Phi) is 11.2. The summed E-state index contributed by atoms with van der Waals surface area (Å²) in [5, 5.41) is 17.5. The molecule has 1 aromatic carbocycles. The summed E-state index contributed by atoms with van der Waals surface area (Å²) < 4.78 is 0. The number of aliphatic hydroxyl groups is 1. The predicted molar refractivity (Wildman–Crippen MR) is 95.0 cm³/mol. The number of carboxylic acid groups (broad SMARTS) is 1. The van der Waals surface area contributed by atoms with E-state index >= 15 is 0 Å². The minimum atomic E-state index is -0.857. The molecule has 0 spiro atoms. The van der Waals surface area contributed by atoms with Crippen LogP contribution in [0.2, 0.25) is 0 Å². The summed E-state index contributed by atoms with van der Waals surface area (Å²) in [6.07, 6.45) is 14.9. The first-order chi connectivity index (χ1) is 11.2. The van der Waals surface area contributed by atoms with Crippen LogP contribution in [-0.2, 0) is 6.42 Å². The Bertz CT molecular complexity index is 411. The Morgan fingerprint density at radius 2 is 1.13 bits per heavy atom. The van der Waals surface area contributed by atoms with Crippen LogP contribution in [0.15, 0.2) is 24.3 Å². The van der Waals surface area contributed by atoms with Gasteiger partial charge in [-0.1, -0.05) is 69.9 Å². The van der Waals surface area contributed by atoms with E-state index in [-0.39, 0.29) is 0 Å². The van der Waals surface area contributed by atoms with Crippen molar-refractivity contribution in [2.75, 3.05) is 6.61 Å².